The minimum absolute atomic E-state index is 0.0411. The van der Waals surface area contributed by atoms with Crippen LogP contribution in [-0.4, -0.2) is 35.5 Å². The number of aliphatic hydroxyl groups is 1. The van der Waals surface area contributed by atoms with Crippen LogP contribution in [-0.2, 0) is 4.74 Å². The molecule has 0 saturated heterocycles. The zero-order valence-corrected chi connectivity index (χ0v) is 12.2. The van der Waals surface area contributed by atoms with Crippen LogP contribution >= 0.6 is 0 Å². The molecule has 0 amide bonds. The Labute approximate surface area is 106 Å². The Morgan fingerprint density at radius 1 is 1.18 bits per heavy atom. The second-order valence-electron chi connectivity index (χ2n) is 7.31. The van der Waals surface area contributed by atoms with Crippen LogP contribution in [0.2, 0.25) is 0 Å². The van der Waals surface area contributed by atoms with E-state index in [4.69, 9.17) is 4.74 Å². The molecular formula is C14H29NO2. The van der Waals surface area contributed by atoms with Crippen molar-refractivity contribution in [3.63, 3.8) is 0 Å². The van der Waals surface area contributed by atoms with E-state index < -0.39 is 0 Å². The molecule has 0 radical (unpaired) electrons. The minimum Gasteiger partial charge on any atom is -0.391 e. The van der Waals surface area contributed by atoms with E-state index >= 15 is 0 Å². The standard InChI is InChI=1S/C14H29NO2/c1-13(2,3)12(16)9-15-10-7-11(8-10)17-14(4,5)6/h10-12,15-16H,7-9H2,1-6H3. The van der Waals surface area contributed by atoms with Crippen LogP contribution in [0.5, 0.6) is 0 Å². The monoisotopic (exact) mass is 243 g/mol. The van der Waals surface area contributed by atoms with Crippen molar-refractivity contribution in [1.82, 2.24) is 5.32 Å². The van der Waals surface area contributed by atoms with E-state index in [1.165, 1.54) is 0 Å². The van der Waals surface area contributed by atoms with Gasteiger partial charge in [0.15, 0.2) is 0 Å². The van der Waals surface area contributed by atoms with Crippen LogP contribution in [0.15, 0.2) is 0 Å². The lowest BCUT2D eigenvalue weighted by Crippen LogP contribution is -2.50. The van der Waals surface area contributed by atoms with Crippen molar-refractivity contribution in [2.45, 2.75) is 78.2 Å². The average Bonchev–Trinajstić information content (AvgIpc) is 2.04. The molecule has 0 spiro atoms. The van der Waals surface area contributed by atoms with Gasteiger partial charge in [-0.2, -0.15) is 0 Å². The first-order valence-corrected chi connectivity index (χ1v) is 6.67. The predicted octanol–water partition coefficient (Wildman–Crippen LogP) is 2.33. The van der Waals surface area contributed by atoms with Gasteiger partial charge in [0, 0.05) is 12.6 Å². The Morgan fingerprint density at radius 2 is 1.71 bits per heavy atom. The molecule has 2 N–H and O–H groups in total. The first kappa shape index (κ1) is 14.9. The van der Waals surface area contributed by atoms with Gasteiger partial charge >= 0.3 is 0 Å². The number of aliphatic hydroxyl groups excluding tert-OH is 1. The van der Waals surface area contributed by atoms with Gasteiger partial charge in [-0.15, -0.1) is 0 Å². The zero-order chi connectivity index (χ0) is 13.3. The van der Waals surface area contributed by atoms with Crippen LogP contribution in [0.4, 0.5) is 0 Å². The summed E-state index contributed by atoms with van der Waals surface area (Å²) >= 11 is 0. The maximum absolute atomic E-state index is 9.91. The highest BCUT2D eigenvalue weighted by Gasteiger charge is 2.33. The minimum atomic E-state index is -0.287. The van der Waals surface area contributed by atoms with Gasteiger partial charge in [-0.3, -0.25) is 0 Å². The molecule has 17 heavy (non-hydrogen) atoms. The number of rotatable bonds is 4. The summed E-state index contributed by atoms with van der Waals surface area (Å²) in [6.45, 7) is 13.1. The first-order valence-electron chi connectivity index (χ1n) is 6.67. The Morgan fingerprint density at radius 3 is 2.12 bits per heavy atom. The normalized spacial score (nSPS) is 27.7. The van der Waals surface area contributed by atoms with Crippen molar-refractivity contribution in [3.05, 3.63) is 0 Å². The number of ether oxygens (including phenoxy) is 1. The summed E-state index contributed by atoms with van der Waals surface area (Å²) in [5.41, 5.74) is -0.0847. The summed E-state index contributed by atoms with van der Waals surface area (Å²) in [6.07, 6.45) is 2.23. The first-order chi connectivity index (χ1) is 7.58. The molecule has 1 rings (SSSR count). The van der Waals surface area contributed by atoms with Gasteiger partial charge in [-0.25, -0.2) is 0 Å². The molecule has 102 valence electrons. The van der Waals surface area contributed by atoms with Crippen LogP contribution in [0, 0.1) is 5.41 Å². The quantitative estimate of drug-likeness (QED) is 0.796. The second kappa shape index (κ2) is 5.25. The van der Waals surface area contributed by atoms with Gasteiger partial charge in [0.25, 0.3) is 0 Å². The van der Waals surface area contributed by atoms with E-state index in [2.05, 4.69) is 46.9 Å². The topological polar surface area (TPSA) is 41.5 Å². The van der Waals surface area contributed by atoms with E-state index in [1.54, 1.807) is 0 Å². The van der Waals surface area contributed by atoms with E-state index in [0.29, 0.717) is 18.7 Å². The molecule has 0 aromatic heterocycles. The van der Waals surface area contributed by atoms with Crippen LogP contribution < -0.4 is 5.32 Å². The second-order valence-corrected chi connectivity index (χ2v) is 7.31. The summed E-state index contributed by atoms with van der Waals surface area (Å²) < 4.78 is 5.88. The number of hydrogen-bond acceptors (Lipinski definition) is 3. The maximum Gasteiger partial charge on any atom is 0.0712 e. The van der Waals surface area contributed by atoms with Crippen LogP contribution in [0.25, 0.3) is 0 Å². The van der Waals surface area contributed by atoms with E-state index in [9.17, 15) is 5.11 Å². The van der Waals surface area contributed by atoms with Crippen molar-refractivity contribution >= 4 is 0 Å². The molecule has 1 unspecified atom stereocenters. The molecular weight excluding hydrogens is 214 g/mol. The van der Waals surface area contributed by atoms with Crippen molar-refractivity contribution in [2.24, 2.45) is 5.41 Å². The van der Waals surface area contributed by atoms with Crippen molar-refractivity contribution in [2.75, 3.05) is 6.54 Å². The van der Waals surface area contributed by atoms with Crippen molar-refractivity contribution < 1.29 is 9.84 Å². The number of nitrogens with one attached hydrogen (secondary N) is 1. The van der Waals surface area contributed by atoms with Gasteiger partial charge in [0.05, 0.1) is 17.8 Å². The van der Waals surface area contributed by atoms with Crippen molar-refractivity contribution in [1.29, 1.82) is 0 Å². The maximum atomic E-state index is 9.91. The smallest absolute Gasteiger partial charge is 0.0712 e. The van der Waals surface area contributed by atoms with Crippen LogP contribution in [0.3, 0.4) is 0 Å². The molecule has 1 atom stereocenters. The van der Waals surface area contributed by atoms with E-state index in [1.807, 2.05) is 0 Å². The molecule has 0 aromatic carbocycles. The highest BCUT2D eigenvalue weighted by molar-refractivity contribution is 4.89. The molecule has 0 aliphatic heterocycles. The fourth-order valence-corrected chi connectivity index (χ4v) is 1.91. The third-order valence-corrected chi connectivity index (χ3v) is 3.21. The lowest BCUT2D eigenvalue weighted by molar-refractivity contribution is -0.103. The van der Waals surface area contributed by atoms with Gasteiger partial charge < -0.3 is 15.2 Å². The molecule has 0 heterocycles. The summed E-state index contributed by atoms with van der Waals surface area (Å²) in [7, 11) is 0. The summed E-state index contributed by atoms with van der Waals surface area (Å²) in [4.78, 5) is 0. The molecule has 0 aromatic rings. The summed E-state index contributed by atoms with van der Waals surface area (Å²) in [6, 6.07) is 0.513. The third-order valence-electron chi connectivity index (χ3n) is 3.21. The Balaban J connectivity index is 2.14. The summed E-state index contributed by atoms with van der Waals surface area (Å²) in [5, 5.41) is 13.3. The fourth-order valence-electron chi connectivity index (χ4n) is 1.91. The van der Waals surface area contributed by atoms with Gasteiger partial charge in [0.1, 0.15) is 0 Å². The molecule has 0 bridgehead atoms. The average molecular weight is 243 g/mol. The molecule has 3 heteroatoms. The largest absolute Gasteiger partial charge is 0.391 e. The Bertz CT molecular complexity index is 234. The van der Waals surface area contributed by atoms with Gasteiger partial charge in [0.2, 0.25) is 0 Å². The van der Waals surface area contributed by atoms with Gasteiger partial charge in [-0.05, 0) is 39.0 Å². The fraction of sp³-hybridized carbons (Fsp3) is 1.00. The van der Waals surface area contributed by atoms with E-state index in [0.717, 1.165) is 12.8 Å². The molecule has 3 nitrogen and oxygen atoms in total. The lowest BCUT2D eigenvalue weighted by Gasteiger charge is -2.40. The Hall–Kier alpha value is -0.120. The van der Waals surface area contributed by atoms with Crippen LogP contribution in [0.1, 0.15) is 54.4 Å². The Kier molecular flexibility index (Phi) is 4.61. The zero-order valence-electron chi connectivity index (χ0n) is 12.2. The molecule has 1 fully saturated rings. The summed E-state index contributed by atoms with van der Waals surface area (Å²) in [5.74, 6) is 0. The SMILES string of the molecule is CC(C)(C)OC1CC(NCC(O)C(C)(C)C)C1. The lowest BCUT2D eigenvalue weighted by atomic mass is 9.86. The molecule has 1 saturated carbocycles. The highest BCUT2D eigenvalue weighted by Crippen LogP contribution is 2.28. The highest BCUT2D eigenvalue weighted by atomic mass is 16.5. The molecule has 1 aliphatic carbocycles. The van der Waals surface area contributed by atoms with E-state index in [-0.39, 0.29) is 17.1 Å². The third kappa shape index (κ3) is 5.36. The number of hydrogen-bond donors (Lipinski definition) is 2. The van der Waals surface area contributed by atoms with Crippen molar-refractivity contribution in [3.8, 4) is 0 Å². The van der Waals surface area contributed by atoms with Gasteiger partial charge in [-0.1, -0.05) is 20.8 Å². The predicted molar refractivity (Wildman–Crippen MR) is 71.1 cm³/mol. The molecule has 1 aliphatic rings.